The average Bonchev–Trinajstić information content (AvgIpc) is 2.96. The highest BCUT2D eigenvalue weighted by molar-refractivity contribution is 7.99. The molecule has 11 heteroatoms. The third-order valence-corrected chi connectivity index (χ3v) is 10.1. The van der Waals surface area contributed by atoms with Gasteiger partial charge in [-0.3, -0.25) is 0 Å². The zero-order chi connectivity index (χ0) is 31.1. The van der Waals surface area contributed by atoms with E-state index in [4.69, 9.17) is 9.47 Å². The highest BCUT2D eigenvalue weighted by Crippen LogP contribution is 2.52. The first-order chi connectivity index (χ1) is 20.4. The average molecular weight is 643 g/mol. The summed E-state index contributed by atoms with van der Waals surface area (Å²) in [4.78, 5) is 1.08. The van der Waals surface area contributed by atoms with Gasteiger partial charge >= 0.3 is 12.1 Å². The van der Waals surface area contributed by atoms with Crippen molar-refractivity contribution in [2.45, 2.75) is 60.9 Å². The van der Waals surface area contributed by atoms with E-state index in [0.29, 0.717) is 30.5 Å². The molecule has 1 aliphatic heterocycles. The van der Waals surface area contributed by atoms with Gasteiger partial charge in [-0.05, 0) is 90.6 Å². The van der Waals surface area contributed by atoms with Crippen LogP contribution in [0.5, 0.6) is 23.0 Å². The zero-order valence-electron chi connectivity index (χ0n) is 23.7. The summed E-state index contributed by atoms with van der Waals surface area (Å²) in [7, 11) is 0. The zero-order valence-corrected chi connectivity index (χ0v) is 25.3. The molecule has 1 heterocycles. The van der Waals surface area contributed by atoms with Crippen LogP contribution in [0.4, 0.5) is 22.0 Å². The number of rotatable bonds is 14. The summed E-state index contributed by atoms with van der Waals surface area (Å²) in [6, 6.07) is 20.1. The van der Waals surface area contributed by atoms with Crippen molar-refractivity contribution < 1.29 is 41.6 Å². The molecule has 0 unspecified atom stereocenters. The van der Waals surface area contributed by atoms with E-state index in [-0.39, 0.29) is 35.0 Å². The predicted molar refractivity (Wildman–Crippen MR) is 161 cm³/mol. The number of phenols is 2. The Kier molecular flexibility index (Phi) is 11.0. The molecule has 0 aliphatic carbocycles. The largest absolute Gasteiger partial charge is 0.508 e. The van der Waals surface area contributed by atoms with Gasteiger partial charge in [-0.25, -0.2) is 0 Å². The molecule has 0 amide bonds. The third kappa shape index (κ3) is 8.65. The molecule has 4 rings (SSSR count). The van der Waals surface area contributed by atoms with Gasteiger partial charge in [-0.1, -0.05) is 25.1 Å². The number of phenolic OH excluding ortho intramolecular Hbond substituents is 2. The fourth-order valence-electron chi connectivity index (χ4n) is 5.18. The number of aromatic hydroxyl groups is 2. The van der Waals surface area contributed by atoms with Crippen LogP contribution in [-0.2, 0) is 5.41 Å². The van der Waals surface area contributed by atoms with Crippen molar-refractivity contribution >= 4 is 23.5 Å². The molecule has 0 saturated heterocycles. The second kappa shape index (κ2) is 14.3. The molecule has 3 aromatic rings. The summed E-state index contributed by atoms with van der Waals surface area (Å²) >= 11 is 3.00. The van der Waals surface area contributed by atoms with Crippen LogP contribution >= 0.6 is 23.5 Å². The lowest BCUT2D eigenvalue weighted by Crippen LogP contribution is -2.36. The van der Waals surface area contributed by atoms with Gasteiger partial charge in [0.1, 0.15) is 23.0 Å². The molecular formula is C32H35F5O4S2. The first-order valence-electron chi connectivity index (χ1n) is 14.0. The number of hydrogen-bond acceptors (Lipinski definition) is 6. The molecule has 4 nitrogen and oxygen atoms in total. The van der Waals surface area contributed by atoms with Gasteiger partial charge in [-0.15, -0.1) is 11.8 Å². The van der Waals surface area contributed by atoms with Crippen LogP contribution in [0.3, 0.4) is 0 Å². The number of halogens is 5. The van der Waals surface area contributed by atoms with Crippen molar-refractivity contribution in [3.63, 3.8) is 0 Å². The second-order valence-electron chi connectivity index (χ2n) is 10.8. The molecule has 0 saturated carbocycles. The summed E-state index contributed by atoms with van der Waals surface area (Å²) in [6.45, 7) is 3.06. The van der Waals surface area contributed by atoms with Crippen molar-refractivity contribution in [3.05, 3.63) is 77.9 Å². The van der Waals surface area contributed by atoms with Crippen molar-refractivity contribution in [1.29, 1.82) is 0 Å². The SMILES string of the molecule is C[C@]1(c2ccc(O)cc2)CSc2cc(O)ccc2[C@H]1CCCOc1ccc(OCCSCCCC(F)(F)C(F)(F)F)cc1. The minimum atomic E-state index is -5.50. The van der Waals surface area contributed by atoms with E-state index in [1.807, 2.05) is 24.3 Å². The highest BCUT2D eigenvalue weighted by Gasteiger charge is 2.56. The van der Waals surface area contributed by atoms with Crippen LogP contribution in [0.1, 0.15) is 49.7 Å². The summed E-state index contributed by atoms with van der Waals surface area (Å²) in [5.41, 5.74) is 2.18. The minimum absolute atomic E-state index is 0.173. The minimum Gasteiger partial charge on any atom is -0.508 e. The predicted octanol–water partition coefficient (Wildman–Crippen LogP) is 9.19. The van der Waals surface area contributed by atoms with Crippen LogP contribution < -0.4 is 9.47 Å². The molecule has 0 radical (unpaired) electrons. The van der Waals surface area contributed by atoms with Crippen molar-refractivity contribution in [2.75, 3.05) is 30.5 Å². The molecular weight excluding hydrogens is 607 g/mol. The van der Waals surface area contributed by atoms with E-state index in [1.54, 1.807) is 54.2 Å². The Bertz CT molecular complexity index is 1320. The molecule has 43 heavy (non-hydrogen) atoms. The molecule has 0 spiro atoms. The normalized spacial score (nSPS) is 18.7. The number of fused-ring (bicyclic) bond motifs is 1. The summed E-state index contributed by atoms with van der Waals surface area (Å²) in [5, 5.41) is 19.8. The topological polar surface area (TPSA) is 58.9 Å². The quantitative estimate of drug-likeness (QED) is 0.135. The molecule has 1 aliphatic rings. The van der Waals surface area contributed by atoms with E-state index in [1.165, 1.54) is 17.3 Å². The lowest BCUT2D eigenvalue weighted by molar-refractivity contribution is -0.284. The summed E-state index contributed by atoms with van der Waals surface area (Å²) in [6.07, 6.45) is -5.27. The Morgan fingerprint density at radius 3 is 2.12 bits per heavy atom. The smallest absolute Gasteiger partial charge is 0.453 e. The maximum absolute atomic E-state index is 12.9. The van der Waals surface area contributed by atoms with Crippen LogP contribution in [0.15, 0.2) is 71.6 Å². The summed E-state index contributed by atoms with van der Waals surface area (Å²) in [5.74, 6) is -1.16. The summed E-state index contributed by atoms with van der Waals surface area (Å²) < 4.78 is 74.1. The van der Waals surface area contributed by atoms with Gasteiger partial charge in [0.15, 0.2) is 0 Å². The molecule has 234 valence electrons. The van der Waals surface area contributed by atoms with Crippen LogP contribution in [-0.4, -0.2) is 52.8 Å². The first kappa shape index (κ1) is 33.1. The van der Waals surface area contributed by atoms with Gasteiger partial charge in [0.25, 0.3) is 0 Å². The van der Waals surface area contributed by atoms with Gasteiger partial charge in [-0.2, -0.15) is 33.7 Å². The van der Waals surface area contributed by atoms with Crippen LogP contribution in [0.25, 0.3) is 0 Å². The van der Waals surface area contributed by atoms with Crippen LogP contribution in [0, 0.1) is 0 Å². The third-order valence-electron chi connectivity index (χ3n) is 7.62. The molecule has 3 aromatic carbocycles. The first-order valence-corrected chi connectivity index (χ1v) is 16.2. The number of thioether (sulfide) groups is 2. The molecule has 0 aromatic heterocycles. The molecule has 2 N–H and O–H groups in total. The van der Waals surface area contributed by atoms with Gasteiger partial charge < -0.3 is 19.7 Å². The van der Waals surface area contributed by atoms with Gasteiger partial charge in [0, 0.05) is 28.2 Å². The Morgan fingerprint density at radius 1 is 0.837 bits per heavy atom. The number of hydrogen-bond donors (Lipinski definition) is 2. The standard InChI is InChI=1S/C32H35F5O4S2/c1-30(22-5-7-23(38)8-6-22)21-43-29-20-24(39)9-14-27(29)28(30)4-2-16-40-25-10-12-26(13-11-25)41-17-19-42-18-3-15-31(33,34)32(35,36)37/h5-14,20,28,38-39H,2-4,15-19,21H2,1H3/t28-,30-/m1/s1. The van der Waals surface area contributed by atoms with E-state index in [9.17, 15) is 32.2 Å². The van der Waals surface area contributed by atoms with E-state index in [2.05, 4.69) is 6.92 Å². The fraction of sp³-hybridized carbons (Fsp3) is 0.438. The monoisotopic (exact) mass is 642 g/mol. The highest BCUT2D eigenvalue weighted by atomic mass is 32.2. The maximum Gasteiger partial charge on any atom is 0.453 e. The molecule has 0 bridgehead atoms. The Balaban J connectivity index is 1.22. The fourth-order valence-corrected chi connectivity index (χ4v) is 7.33. The molecule has 0 fully saturated rings. The molecule has 2 atom stereocenters. The lowest BCUT2D eigenvalue weighted by Gasteiger charge is -2.43. The van der Waals surface area contributed by atoms with Crippen molar-refractivity contribution in [3.8, 4) is 23.0 Å². The lowest BCUT2D eigenvalue weighted by atomic mass is 9.68. The number of ether oxygens (including phenoxy) is 2. The van der Waals surface area contributed by atoms with Gasteiger partial charge in [0.2, 0.25) is 0 Å². The number of alkyl halides is 5. The van der Waals surface area contributed by atoms with Crippen LogP contribution in [0.2, 0.25) is 0 Å². The van der Waals surface area contributed by atoms with Crippen molar-refractivity contribution in [1.82, 2.24) is 0 Å². The number of benzene rings is 3. The Morgan fingerprint density at radius 2 is 1.47 bits per heavy atom. The van der Waals surface area contributed by atoms with Crippen molar-refractivity contribution in [2.24, 2.45) is 0 Å². The Labute approximate surface area is 257 Å². The van der Waals surface area contributed by atoms with Gasteiger partial charge in [0.05, 0.1) is 13.2 Å². The van der Waals surface area contributed by atoms with E-state index >= 15 is 0 Å². The van der Waals surface area contributed by atoms with E-state index in [0.717, 1.165) is 29.1 Å². The second-order valence-corrected chi connectivity index (χ2v) is 13.0. The Hall–Kier alpha value is -2.79. The van der Waals surface area contributed by atoms with E-state index < -0.39 is 18.5 Å². The maximum atomic E-state index is 12.9.